The maximum absolute atomic E-state index is 11.0. The molecule has 2 heterocycles. The SMILES string of the molecule is Cc1nc(Cl)nc(Sc2nnnn2C)c1[N+](=O)[O-]. The van der Waals surface area contributed by atoms with Gasteiger partial charge in [0.05, 0.1) is 4.92 Å². The molecule has 0 saturated heterocycles. The molecule has 9 nitrogen and oxygen atoms in total. The Morgan fingerprint density at radius 1 is 1.44 bits per heavy atom. The first-order valence-corrected chi connectivity index (χ1v) is 5.77. The summed E-state index contributed by atoms with van der Waals surface area (Å²) in [5, 5.41) is 22.2. The Bertz CT molecular complexity index is 616. The lowest BCUT2D eigenvalue weighted by atomic mass is 10.4. The van der Waals surface area contributed by atoms with Crippen LogP contribution in [-0.4, -0.2) is 35.1 Å². The Morgan fingerprint density at radius 3 is 2.72 bits per heavy atom. The van der Waals surface area contributed by atoms with Crippen molar-refractivity contribution in [3.63, 3.8) is 0 Å². The molecule has 0 aromatic carbocycles. The van der Waals surface area contributed by atoms with Crippen molar-refractivity contribution in [1.82, 2.24) is 30.2 Å². The van der Waals surface area contributed by atoms with Crippen molar-refractivity contribution in [3.05, 3.63) is 21.1 Å². The van der Waals surface area contributed by atoms with Crippen LogP contribution in [0.15, 0.2) is 10.2 Å². The molecule has 0 radical (unpaired) electrons. The molecule has 0 unspecified atom stereocenters. The van der Waals surface area contributed by atoms with E-state index in [1.807, 2.05) is 0 Å². The van der Waals surface area contributed by atoms with E-state index in [1.54, 1.807) is 7.05 Å². The molecule has 94 valence electrons. The van der Waals surface area contributed by atoms with E-state index in [0.29, 0.717) is 5.16 Å². The van der Waals surface area contributed by atoms with Gasteiger partial charge in [0.25, 0.3) is 0 Å². The van der Waals surface area contributed by atoms with E-state index in [1.165, 1.54) is 11.6 Å². The largest absolute Gasteiger partial charge is 0.322 e. The number of tetrazole rings is 1. The summed E-state index contributed by atoms with van der Waals surface area (Å²) in [6.07, 6.45) is 0. The summed E-state index contributed by atoms with van der Waals surface area (Å²) >= 11 is 6.64. The lowest BCUT2D eigenvalue weighted by Crippen LogP contribution is -2.01. The van der Waals surface area contributed by atoms with Crippen LogP contribution >= 0.6 is 23.4 Å². The third-order valence-electron chi connectivity index (χ3n) is 1.95. The molecule has 0 atom stereocenters. The third-order valence-corrected chi connectivity index (χ3v) is 3.13. The van der Waals surface area contributed by atoms with Crippen LogP contribution in [0.1, 0.15) is 5.69 Å². The summed E-state index contributed by atoms with van der Waals surface area (Å²) in [6.45, 7) is 1.49. The van der Waals surface area contributed by atoms with Crippen LogP contribution < -0.4 is 0 Å². The van der Waals surface area contributed by atoms with Crippen LogP contribution in [0.25, 0.3) is 0 Å². The molecule has 0 amide bonds. The Hall–Kier alpha value is -1.81. The standard InChI is InChI=1S/C7H6ClN7O2S/c1-3-4(15(16)17)5(10-6(8)9-3)18-7-11-12-13-14(7)2/h1-2H3. The number of hydrogen-bond donors (Lipinski definition) is 0. The van der Waals surface area contributed by atoms with Crippen LogP contribution in [0.2, 0.25) is 5.28 Å². The molecule has 0 aliphatic carbocycles. The molecule has 2 aromatic rings. The fourth-order valence-electron chi connectivity index (χ4n) is 1.18. The summed E-state index contributed by atoms with van der Waals surface area (Å²) in [4.78, 5) is 18.0. The molecular formula is C7H6ClN7O2S. The molecule has 2 aromatic heterocycles. The molecule has 2 rings (SSSR count). The van der Waals surface area contributed by atoms with Crippen molar-refractivity contribution >= 4 is 29.1 Å². The second-order valence-electron chi connectivity index (χ2n) is 3.18. The summed E-state index contributed by atoms with van der Waals surface area (Å²) < 4.78 is 1.37. The summed E-state index contributed by atoms with van der Waals surface area (Å²) in [6, 6.07) is 0. The first-order chi connectivity index (χ1) is 8.49. The van der Waals surface area contributed by atoms with E-state index in [9.17, 15) is 10.1 Å². The normalized spacial score (nSPS) is 10.6. The summed E-state index contributed by atoms with van der Waals surface area (Å²) in [5.74, 6) is 0. The number of nitrogens with zero attached hydrogens (tertiary/aromatic N) is 7. The third kappa shape index (κ3) is 2.38. The Morgan fingerprint density at radius 2 is 2.17 bits per heavy atom. The van der Waals surface area contributed by atoms with E-state index < -0.39 is 4.92 Å². The van der Waals surface area contributed by atoms with Crippen molar-refractivity contribution in [3.8, 4) is 0 Å². The minimum Gasteiger partial charge on any atom is -0.258 e. The number of nitro groups is 1. The fourth-order valence-corrected chi connectivity index (χ4v) is 2.31. The monoisotopic (exact) mass is 287 g/mol. The summed E-state index contributed by atoms with van der Waals surface area (Å²) in [7, 11) is 1.61. The second kappa shape index (κ2) is 4.82. The molecular weight excluding hydrogens is 282 g/mol. The Labute approximate surface area is 110 Å². The van der Waals surface area contributed by atoms with E-state index in [2.05, 4.69) is 25.5 Å². The van der Waals surface area contributed by atoms with Gasteiger partial charge in [0.15, 0.2) is 5.03 Å². The number of aromatic nitrogens is 6. The molecule has 11 heteroatoms. The first-order valence-electron chi connectivity index (χ1n) is 4.57. The minimum atomic E-state index is -0.558. The highest BCUT2D eigenvalue weighted by Gasteiger charge is 2.24. The van der Waals surface area contributed by atoms with Crippen LogP contribution in [0, 0.1) is 17.0 Å². The fraction of sp³-hybridized carbons (Fsp3) is 0.286. The van der Waals surface area contributed by atoms with Gasteiger partial charge in [-0.1, -0.05) is 0 Å². The summed E-state index contributed by atoms with van der Waals surface area (Å²) in [5.41, 5.74) is -0.00923. The van der Waals surface area contributed by atoms with E-state index in [4.69, 9.17) is 11.6 Å². The number of aryl methyl sites for hydroxylation is 2. The predicted molar refractivity (Wildman–Crippen MR) is 61.4 cm³/mol. The molecule has 0 saturated carbocycles. The average molecular weight is 288 g/mol. The van der Waals surface area contributed by atoms with Gasteiger partial charge < -0.3 is 0 Å². The molecule has 0 spiro atoms. The van der Waals surface area contributed by atoms with Gasteiger partial charge in [-0.2, -0.15) is 0 Å². The van der Waals surface area contributed by atoms with Crippen molar-refractivity contribution in [2.24, 2.45) is 7.05 Å². The zero-order chi connectivity index (χ0) is 13.3. The number of hydrogen-bond acceptors (Lipinski definition) is 8. The maximum atomic E-state index is 11.0. The van der Waals surface area contributed by atoms with Gasteiger partial charge in [-0.3, -0.25) is 10.1 Å². The van der Waals surface area contributed by atoms with Crippen LogP contribution in [0.3, 0.4) is 0 Å². The molecule has 0 aliphatic rings. The molecule has 0 aliphatic heterocycles. The lowest BCUT2D eigenvalue weighted by molar-refractivity contribution is -0.389. The molecule has 0 N–H and O–H groups in total. The van der Waals surface area contributed by atoms with Gasteiger partial charge in [0, 0.05) is 7.05 Å². The zero-order valence-electron chi connectivity index (χ0n) is 9.23. The minimum absolute atomic E-state index is 0.0595. The highest BCUT2D eigenvalue weighted by molar-refractivity contribution is 7.99. The van der Waals surface area contributed by atoms with Crippen LogP contribution in [0.4, 0.5) is 5.69 Å². The van der Waals surface area contributed by atoms with Gasteiger partial charge in [-0.05, 0) is 40.7 Å². The lowest BCUT2D eigenvalue weighted by Gasteiger charge is -2.03. The molecule has 0 fully saturated rings. The Balaban J connectivity index is 2.49. The van der Waals surface area contributed by atoms with Crippen molar-refractivity contribution in [2.75, 3.05) is 0 Å². The van der Waals surface area contributed by atoms with Crippen molar-refractivity contribution in [1.29, 1.82) is 0 Å². The van der Waals surface area contributed by atoms with Gasteiger partial charge in [-0.25, -0.2) is 14.6 Å². The van der Waals surface area contributed by atoms with E-state index >= 15 is 0 Å². The highest BCUT2D eigenvalue weighted by atomic mass is 35.5. The van der Waals surface area contributed by atoms with E-state index in [-0.39, 0.29) is 21.7 Å². The maximum Gasteiger partial charge on any atom is 0.322 e. The molecule has 18 heavy (non-hydrogen) atoms. The van der Waals surface area contributed by atoms with Gasteiger partial charge in [0.2, 0.25) is 10.4 Å². The van der Waals surface area contributed by atoms with Crippen molar-refractivity contribution in [2.45, 2.75) is 17.1 Å². The highest BCUT2D eigenvalue weighted by Crippen LogP contribution is 2.33. The number of rotatable bonds is 3. The molecule has 0 bridgehead atoms. The van der Waals surface area contributed by atoms with Crippen LogP contribution in [-0.2, 0) is 7.05 Å². The number of halogens is 1. The zero-order valence-corrected chi connectivity index (χ0v) is 10.8. The average Bonchev–Trinajstić information content (AvgIpc) is 2.62. The van der Waals surface area contributed by atoms with Crippen molar-refractivity contribution < 1.29 is 4.92 Å². The van der Waals surface area contributed by atoms with Gasteiger partial charge >= 0.3 is 5.69 Å². The topological polar surface area (TPSA) is 113 Å². The quantitative estimate of drug-likeness (QED) is 0.356. The predicted octanol–water partition coefficient (Wildman–Crippen LogP) is 1.02. The second-order valence-corrected chi connectivity index (χ2v) is 4.47. The van der Waals surface area contributed by atoms with E-state index in [0.717, 1.165) is 11.8 Å². The smallest absolute Gasteiger partial charge is 0.258 e. The van der Waals surface area contributed by atoms with Gasteiger partial charge in [-0.15, -0.1) is 5.10 Å². The van der Waals surface area contributed by atoms with Gasteiger partial charge in [0.1, 0.15) is 5.69 Å². The van der Waals surface area contributed by atoms with Crippen LogP contribution in [0.5, 0.6) is 0 Å². The Kier molecular flexibility index (Phi) is 3.39. The first kappa shape index (κ1) is 12.6.